The molecule has 1 aliphatic rings. The van der Waals surface area contributed by atoms with Crippen molar-refractivity contribution in [2.24, 2.45) is 5.41 Å². The highest BCUT2D eigenvalue weighted by Crippen LogP contribution is 2.25. The minimum absolute atomic E-state index is 0.213. The van der Waals surface area contributed by atoms with E-state index in [0.29, 0.717) is 5.25 Å². The van der Waals surface area contributed by atoms with Gasteiger partial charge in [0.1, 0.15) is 0 Å². The molecule has 0 aromatic carbocycles. The summed E-state index contributed by atoms with van der Waals surface area (Å²) in [4.78, 5) is 0. The molecule has 0 amide bonds. The summed E-state index contributed by atoms with van der Waals surface area (Å²) in [6.45, 7) is 3.95. The van der Waals surface area contributed by atoms with E-state index in [2.05, 4.69) is 6.07 Å². The van der Waals surface area contributed by atoms with Crippen molar-refractivity contribution in [3.8, 4) is 6.07 Å². The van der Waals surface area contributed by atoms with Crippen molar-refractivity contribution < 1.29 is 4.21 Å². The van der Waals surface area contributed by atoms with Crippen molar-refractivity contribution >= 4 is 10.8 Å². The summed E-state index contributed by atoms with van der Waals surface area (Å²) in [5.41, 5.74) is -0.213. The molecule has 1 saturated carbocycles. The van der Waals surface area contributed by atoms with E-state index in [1.54, 1.807) is 0 Å². The van der Waals surface area contributed by atoms with Gasteiger partial charge in [0.05, 0.1) is 11.5 Å². The fourth-order valence-corrected chi connectivity index (χ4v) is 3.87. The van der Waals surface area contributed by atoms with E-state index in [0.717, 1.165) is 37.9 Å². The minimum Gasteiger partial charge on any atom is -0.259 e. The lowest BCUT2D eigenvalue weighted by molar-refractivity contribution is 0.432. The van der Waals surface area contributed by atoms with Crippen LogP contribution < -0.4 is 0 Å². The van der Waals surface area contributed by atoms with E-state index in [1.807, 2.05) is 13.8 Å². The molecule has 0 spiro atoms. The highest BCUT2D eigenvalue weighted by Gasteiger charge is 2.21. The van der Waals surface area contributed by atoms with Crippen molar-refractivity contribution in [2.75, 3.05) is 5.75 Å². The zero-order valence-corrected chi connectivity index (χ0v) is 11.3. The summed E-state index contributed by atoms with van der Waals surface area (Å²) in [6, 6.07) is 2.31. The molecule has 1 fully saturated rings. The predicted octanol–water partition coefficient (Wildman–Crippen LogP) is 3.40. The summed E-state index contributed by atoms with van der Waals surface area (Å²) in [5.74, 6) is 0.839. The van der Waals surface area contributed by atoms with Gasteiger partial charge >= 0.3 is 0 Å². The van der Waals surface area contributed by atoms with Crippen LogP contribution in [0, 0.1) is 16.7 Å². The van der Waals surface area contributed by atoms with Gasteiger partial charge in [-0.05, 0) is 39.5 Å². The minimum atomic E-state index is -0.608. The van der Waals surface area contributed by atoms with Gasteiger partial charge in [0, 0.05) is 21.8 Å². The first-order valence-corrected chi connectivity index (χ1v) is 7.72. The van der Waals surface area contributed by atoms with Gasteiger partial charge in [-0.1, -0.05) is 19.3 Å². The smallest absolute Gasteiger partial charge is 0.0683 e. The van der Waals surface area contributed by atoms with E-state index in [-0.39, 0.29) is 5.41 Å². The zero-order chi connectivity index (χ0) is 12.0. The van der Waals surface area contributed by atoms with Crippen LogP contribution in [0.25, 0.3) is 0 Å². The van der Waals surface area contributed by atoms with Crippen molar-refractivity contribution in [2.45, 2.75) is 64.0 Å². The van der Waals surface area contributed by atoms with Crippen LogP contribution >= 0.6 is 0 Å². The van der Waals surface area contributed by atoms with E-state index in [4.69, 9.17) is 5.26 Å². The maximum atomic E-state index is 11.9. The molecule has 1 unspecified atom stereocenters. The normalized spacial score (nSPS) is 19.6. The van der Waals surface area contributed by atoms with Gasteiger partial charge < -0.3 is 0 Å². The van der Waals surface area contributed by atoms with Crippen LogP contribution in [-0.2, 0) is 10.8 Å². The average molecular weight is 241 g/mol. The van der Waals surface area contributed by atoms with Gasteiger partial charge in [0.25, 0.3) is 0 Å². The van der Waals surface area contributed by atoms with Gasteiger partial charge in [-0.2, -0.15) is 5.26 Å². The van der Waals surface area contributed by atoms with Gasteiger partial charge in [0.2, 0.25) is 0 Å². The second-order valence-corrected chi connectivity index (χ2v) is 7.28. The molecule has 0 aromatic heterocycles. The molecule has 1 rings (SSSR count). The first-order valence-electron chi connectivity index (χ1n) is 6.33. The van der Waals surface area contributed by atoms with Crippen molar-refractivity contribution in [1.82, 2.24) is 0 Å². The SMILES string of the molecule is CC(C)(C#N)CCCCS(=O)C1CCCC1. The first kappa shape index (κ1) is 13.7. The standard InChI is InChI=1S/C13H23NOS/c1-13(2,11-14)9-5-6-10-16(15)12-7-3-4-8-12/h12H,3-10H2,1-2H3. The van der Waals surface area contributed by atoms with E-state index in [9.17, 15) is 4.21 Å². The topological polar surface area (TPSA) is 40.9 Å². The van der Waals surface area contributed by atoms with E-state index >= 15 is 0 Å². The first-order chi connectivity index (χ1) is 7.55. The summed E-state index contributed by atoms with van der Waals surface area (Å²) in [6.07, 6.45) is 7.81. The van der Waals surface area contributed by atoms with Gasteiger partial charge in [-0.25, -0.2) is 0 Å². The lowest BCUT2D eigenvalue weighted by Crippen LogP contribution is -2.14. The Kier molecular flexibility index (Phi) is 5.48. The highest BCUT2D eigenvalue weighted by molar-refractivity contribution is 7.85. The van der Waals surface area contributed by atoms with Crippen LogP contribution in [-0.4, -0.2) is 15.2 Å². The Labute approximate surface area is 102 Å². The molecule has 2 nitrogen and oxygen atoms in total. The Hall–Kier alpha value is -0.360. The second-order valence-electron chi connectivity index (χ2n) is 5.44. The third-order valence-electron chi connectivity index (χ3n) is 3.37. The second kappa shape index (κ2) is 6.39. The maximum Gasteiger partial charge on any atom is 0.0683 e. The Bertz CT molecular complexity index is 274. The Morgan fingerprint density at radius 2 is 1.94 bits per heavy atom. The molecule has 1 atom stereocenters. The lowest BCUT2D eigenvalue weighted by Gasteiger charge is -2.14. The summed E-state index contributed by atoms with van der Waals surface area (Å²) >= 11 is 0. The van der Waals surface area contributed by atoms with E-state index in [1.165, 1.54) is 12.8 Å². The van der Waals surface area contributed by atoms with E-state index < -0.39 is 10.8 Å². The van der Waals surface area contributed by atoms with Crippen LogP contribution in [0.5, 0.6) is 0 Å². The zero-order valence-electron chi connectivity index (χ0n) is 10.5. The van der Waals surface area contributed by atoms with Crippen LogP contribution in [0.3, 0.4) is 0 Å². The molecular formula is C13H23NOS. The number of nitrogens with zero attached hydrogens (tertiary/aromatic N) is 1. The number of unbranched alkanes of at least 4 members (excludes halogenated alkanes) is 1. The van der Waals surface area contributed by atoms with Crippen molar-refractivity contribution in [3.05, 3.63) is 0 Å². The molecular weight excluding hydrogens is 218 g/mol. The average Bonchev–Trinajstić information content (AvgIpc) is 2.77. The van der Waals surface area contributed by atoms with Crippen LogP contribution in [0.4, 0.5) is 0 Å². The number of hydrogen-bond donors (Lipinski definition) is 0. The highest BCUT2D eigenvalue weighted by atomic mass is 32.2. The van der Waals surface area contributed by atoms with Crippen molar-refractivity contribution in [3.63, 3.8) is 0 Å². The molecule has 0 radical (unpaired) electrons. The molecule has 1 aliphatic carbocycles. The molecule has 3 heteroatoms. The molecule has 16 heavy (non-hydrogen) atoms. The fraction of sp³-hybridized carbons (Fsp3) is 0.923. The molecule has 0 heterocycles. The fourth-order valence-electron chi connectivity index (χ4n) is 2.19. The summed E-state index contributed by atoms with van der Waals surface area (Å²) in [7, 11) is -0.608. The maximum absolute atomic E-state index is 11.9. The monoisotopic (exact) mass is 241 g/mol. The van der Waals surface area contributed by atoms with Crippen molar-refractivity contribution in [1.29, 1.82) is 5.26 Å². The molecule has 0 N–H and O–H groups in total. The van der Waals surface area contributed by atoms with Gasteiger partial charge in [-0.15, -0.1) is 0 Å². The molecule has 0 aromatic rings. The predicted molar refractivity (Wildman–Crippen MR) is 68.5 cm³/mol. The Balaban J connectivity index is 2.11. The Morgan fingerprint density at radius 3 is 2.50 bits per heavy atom. The van der Waals surface area contributed by atoms with Crippen LogP contribution in [0.1, 0.15) is 58.8 Å². The summed E-state index contributed by atoms with van der Waals surface area (Å²) < 4.78 is 11.9. The Morgan fingerprint density at radius 1 is 1.31 bits per heavy atom. The molecule has 0 bridgehead atoms. The third-order valence-corrected chi connectivity index (χ3v) is 5.28. The molecule has 0 saturated heterocycles. The summed E-state index contributed by atoms with van der Waals surface area (Å²) in [5, 5.41) is 9.34. The van der Waals surface area contributed by atoms with Crippen LogP contribution in [0.2, 0.25) is 0 Å². The lowest BCUT2D eigenvalue weighted by atomic mass is 9.89. The molecule has 0 aliphatic heterocycles. The number of rotatable bonds is 6. The largest absolute Gasteiger partial charge is 0.259 e. The van der Waals surface area contributed by atoms with Gasteiger partial charge in [-0.3, -0.25) is 4.21 Å². The number of hydrogen-bond acceptors (Lipinski definition) is 2. The third kappa shape index (κ3) is 4.65. The van der Waals surface area contributed by atoms with Gasteiger partial charge in [0.15, 0.2) is 0 Å². The molecule has 92 valence electrons. The van der Waals surface area contributed by atoms with Crippen LogP contribution in [0.15, 0.2) is 0 Å². The quantitative estimate of drug-likeness (QED) is 0.669. The number of nitriles is 1.